The van der Waals surface area contributed by atoms with Crippen LogP contribution in [-0.2, 0) is 11.3 Å². The number of rotatable bonds is 6. The molecule has 6 nitrogen and oxygen atoms in total. The summed E-state index contributed by atoms with van der Waals surface area (Å²) in [6.45, 7) is 1.07. The molecule has 0 saturated heterocycles. The topological polar surface area (TPSA) is 76.7 Å². The lowest BCUT2D eigenvalue weighted by Crippen LogP contribution is -2.31. The third-order valence-corrected chi connectivity index (χ3v) is 4.24. The number of nitrogens with one attached hydrogen (secondary N) is 2. The molecule has 0 fully saturated rings. The van der Waals surface area contributed by atoms with Crippen molar-refractivity contribution in [1.29, 1.82) is 0 Å². The third kappa shape index (κ3) is 4.89. The molecular formula is C19H17ClF2N2O4. The summed E-state index contributed by atoms with van der Waals surface area (Å²) < 4.78 is 37.3. The van der Waals surface area contributed by atoms with Crippen molar-refractivity contribution in [2.45, 2.75) is 13.0 Å². The number of fused-ring (bicyclic) bond motifs is 1. The Balaban J connectivity index is 1.46. The molecule has 2 N–H and O–H groups in total. The van der Waals surface area contributed by atoms with E-state index in [4.69, 9.17) is 21.1 Å². The monoisotopic (exact) mass is 410 g/mol. The summed E-state index contributed by atoms with van der Waals surface area (Å²) in [5.41, 5.74) is 0.452. The minimum absolute atomic E-state index is 0.00335. The van der Waals surface area contributed by atoms with Crippen LogP contribution < -0.4 is 20.1 Å². The molecule has 1 aliphatic rings. The van der Waals surface area contributed by atoms with Gasteiger partial charge in [0.15, 0.2) is 11.5 Å². The SMILES string of the molecule is O=C(CCNC(=O)c1ccc(F)cc1F)NCc1cc(Cl)c2c(c1)OCCO2. The fourth-order valence-corrected chi connectivity index (χ4v) is 2.90. The molecule has 148 valence electrons. The van der Waals surface area contributed by atoms with Gasteiger partial charge in [-0.15, -0.1) is 0 Å². The van der Waals surface area contributed by atoms with Gasteiger partial charge in [-0.3, -0.25) is 9.59 Å². The van der Waals surface area contributed by atoms with Gasteiger partial charge in [0.2, 0.25) is 5.91 Å². The quantitative estimate of drug-likeness (QED) is 0.767. The highest BCUT2D eigenvalue weighted by atomic mass is 35.5. The first-order valence-corrected chi connectivity index (χ1v) is 8.90. The van der Waals surface area contributed by atoms with Gasteiger partial charge in [-0.25, -0.2) is 8.78 Å². The van der Waals surface area contributed by atoms with Crippen molar-refractivity contribution in [3.63, 3.8) is 0 Å². The lowest BCUT2D eigenvalue weighted by Gasteiger charge is -2.20. The van der Waals surface area contributed by atoms with Crippen LogP contribution in [0.4, 0.5) is 8.78 Å². The molecule has 0 spiro atoms. The second-order valence-corrected chi connectivity index (χ2v) is 6.42. The van der Waals surface area contributed by atoms with Crippen LogP contribution in [0.5, 0.6) is 11.5 Å². The van der Waals surface area contributed by atoms with Crippen molar-refractivity contribution in [2.24, 2.45) is 0 Å². The van der Waals surface area contributed by atoms with E-state index >= 15 is 0 Å². The van der Waals surface area contributed by atoms with Gasteiger partial charge in [0.25, 0.3) is 5.91 Å². The summed E-state index contributed by atoms with van der Waals surface area (Å²) in [6.07, 6.45) is -0.00711. The highest BCUT2D eigenvalue weighted by Crippen LogP contribution is 2.38. The van der Waals surface area contributed by atoms with Gasteiger partial charge in [0.1, 0.15) is 24.8 Å². The van der Waals surface area contributed by atoms with E-state index in [-0.39, 0.29) is 31.0 Å². The first-order chi connectivity index (χ1) is 13.4. The fraction of sp³-hybridized carbons (Fsp3) is 0.263. The molecule has 0 aromatic heterocycles. The number of hydrogen-bond acceptors (Lipinski definition) is 4. The Labute approximate surface area is 164 Å². The molecule has 9 heteroatoms. The minimum Gasteiger partial charge on any atom is -0.486 e. The largest absolute Gasteiger partial charge is 0.486 e. The Bertz CT molecular complexity index is 908. The Kier molecular flexibility index (Phi) is 6.30. The molecule has 2 amide bonds. The van der Waals surface area contributed by atoms with Gasteiger partial charge < -0.3 is 20.1 Å². The van der Waals surface area contributed by atoms with E-state index in [0.29, 0.717) is 35.8 Å². The zero-order valence-corrected chi connectivity index (χ0v) is 15.4. The molecule has 0 bridgehead atoms. The summed E-state index contributed by atoms with van der Waals surface area (Å²) >= 11 is 6.14. The molecule has 0 atom stereocenters. The van der Waals surface area contributed by atoms with Crippen molar-refractivity contribution in [3.05, 3.63) is 58.1 Å². The molecule has 0 radical (unpaired) electrons. The lowest BCUT2D eigenvalue weighted by atomic mass is 10.2. The summed E-state index contributed by atoms with van der Waals surface area (Å²) in [7, 11) is 0. The predicted octanol–water partition coefficient (Wildman–Crippen LogP) is 2.83. The molecule has 3 rings (SSSR count). The van der Waals surface area contributed by atoms with E-state index in [1.807, 2.05) is 0 Å². The second kappa shape index (κ2) is 8.88. The summed E-state index contributed by atoms with van der Waals surface area (Å²) in [4.78, 5) is 23.8. The molecule has 1 heterocycles. The molecule has 28 heavy (non-hydrogen) atoms. The van der Waals surface area contributed by atoms with E-state index in [1.54, 1.807) is 12.1 Å². The average Bonchev–Trinajstić information content (AvgIpc) is 2.66. The minimum atomic E-state index is -0.961. The van der Waals surface area contributed by atoms with Gasteiger partial charge >= 0.3 is 0 Å². The van der Waals surface area contributed by atoms with Gasteiger partial charge in [-0.1, -0.05) is 11.6 Å². The van der Waals surface area contributed by atoms with Crippen LogP contribution in [0, 0.1) is 11.6 Å². The highest BCUT2D eigenvalue weighted by Gasteiger charge is 2.17. The van der Waals surface area contributed by atoms with Crippen LogP contribution in [0.3, 0.4) is 0 Å². The molecule has 0 unspecified atom stereocenters. The number of benzene rings is 2. The molecule has 2 aromatic carbocycles. The summed E-state index contributed by atoms with van der Waals surface area (Å²) in [5, 5.41) is 5.51. The maximum absolute atomic E-state index is 13.5. The molecule has 0 aliphatic carbocycles. The first-order valence-electron chi connectivity index (χ1n) is 8.52. The maximum atomic E-state index is 13.5. The average molecular weight is 411 g/mol. The third-order valence-electron chi connectivity index (χ3n) is 3.96. The van der Waals surface area contributed by atoms with Crippen LogP contribution in [-0.4, -0.2) is 31.6 Å². The number of halogens is 3. The number of amides is 2. The Morgan fingerprint density at radius 1 is 1.07 bits per heavy atom. The van der Waals surface area contributed by atoms with Crippen LogP contribution >= 0.6 is 11.6 Å². The molecule has 2 aromatic rings. The zero-order valence-electron chi connectivity index (χ0n) is 14.7. The van der Waals surface area contributed by atoms with Gasteiger partial charge in [0.05, 0.1) is 10.6 Å². The first kappa shape index (κ1) is 19.9. The van der Waals surface area contributed by atoms with E-state index in [0.717, 1.165) is 17.7 Å². The maximum Gasteiger partial charge on any atom is 0.254 e. The van der Waals surface area contributed by atoms with Crippen LogP contribution in [0.15, 0.2) is 30.3 Å². The second-order valence-electron chi connectivity index (χ2n) is 6.01. The van der Waals surface area contributed by atoms with Crippen molar-refractivity contribution in [3.8, 4) is 11.5 Å². The molecular weight excluding hydrogens is 394 g/mol. The number of ether oxygens (including phenoxy) is 2. The number of hydrogen-bond donors (Lipinski definition) is 2. The smallest absolute Gasteiger partial charge is 0.254 e. The Morgan fingerprint density at radius 2 is 1.86 bits per heavy atom. The number of carbonyl (C=O) groups is 2. The molecule has 0 saturated carbocycles. The van der Waals surface area contributed by atoms with Crippen molar-refractivity contribution in [2.75, 3.05) is 19.8 Å². The van der Waals surface area contributed by atoms with Crippen LogP contribution in [0.2, 0.25) is 5.02 Å². The van der Waals surface area contributed by atoms with E-state index < -0.39 is 17.5 Å². The van der Waals surface area contributed by atoms with E-state index in [1.165, 1.54) is 0 Å². The Morgan fingerprint density at radius 3 is 2.64 bits per heavy atom. The van der Waals surface area contributed by atoms with Crippen molar-refractivity contribution in [1.82, 2.24) is 10.6 Å². The lowest BCUT2D eigenvalue weighted by molar-refractivity contribution is -0.121. The van der Waals surface area contributed by atoms with E-state index in [2.05, 4.69) is 10.6 Å². The summed E-state index contributed by atoms with van der Waals surface area (Å²) in [5.74, 6) is -1.75. The van der Waals surface area contributed by atoms with Gasteiger partial charge in [0, 0.05) is 25.6 Å². The normalized spacial score (nSPS) is 12.4. The van der Waals surface area contributed by atoms with Crippen molar-refractivity contribution < 1.29 is 27.8 Å². The van der Waals surface area contributed by atoms with E-state index in [9.17, 15) is 18.4 Å². The van der Waals surface area contributed by atoms with Crippen LogP contribution in [0.1, 0.15) is 22.3 Å². The van der Waals surface area contributed by atoms with Gasteiger partial charge in [-0.05, 0) is 29.8 Å². The zero-order chi connectivity index (χ0) is 20.1. The highest BCUT2D eigenvalue weighted by molar-refractivity contribution is 6.32. The van der Waals surface area contributed by atoms with Crippen molar-refractivity contribution >= 4 is 23.4 Å². The Hall–Kier alpha value is -2.87. The van der Waals surface area contributed by atoms with Gasteiger partial charge in [-0.2, -0.15) is 0 Å². The van der Waals surface area contributed by atoms with Crippen LogP contribution in [0.25, 0.3) is 0 Å². The summed E-state index contributed by atoms with van der Waals surface area (Å²) in [6, 6.07) is 6.07. The molecule has 1 aliphatic heterocycles. The number of carbonyl (C=O) groups excluding carboxylic acids is 2. The fourth-order valence-electron chi connectivity index (χ4n) is 2.61. The standard InChI is InChI=1S/C19H17ClF2N2O4/c20-14-7-11(8-16-18(14)28-6-5-27-16)10-24-17(25)3-4-23-19(26)13-2-1-12(21)9-15(13)22/h1-2,7-9H,3-6,10H2,(H,23,26)(H,24,25). The predicted molar refractivity (Wildman–Crippen MR) is 97.6 cm³/mol.